The fourth-order valence-electron chi connectivity index (χ4n) is 4.05. The lowest BCUT2D eigenvalue weighted by molar-refractivity contribution is -0.919. The van der Waals surface area contributed by atoms with Gasteiger partial charge >= 0.3 is 0 Å². The SMILES string of the molecule is C[C@@H](C(=O)NCCc1ccc(F)cc1)[NH+]1CCC(c2nc3ccccc3s2)CC1. The molecule has 152 valence electrons. The summed E-state index contributed by atoms with van der Waals surface area (Å²) in [5.41, 5.74) is 2.12. The Morgan fingerprint density at radius 1 is 1.21 bits per heavy atom. The predicted molar refractivity (Wildman–Crippen MR) is 115 cm³/mol. The normalized spacial score (nSPS) is 20.5. The van der Waals surface area contributed by atoms with Crippen molar-refractivity contribution in [3.8, 4) is 0 Å². The molecule has 0 saturated carbocycles. The van der Waals surface area contributed by atoms with Gasteiger partial charge in [-0.25, -0.2) is 9.37 Å². The molecule has 0 unspecified atom stereocenters. The van der Waals surface area contributed by atoms with E-state index in [0.29, 0.717) is 18.9 Å². The van der Waals surface area contributed by atoms with Gasteiger partial charge in [0.2, 0.25) is 0 Å². The maximum absolute atomic E-state index is 13.0. The van der Waals surface area contributed by atoms with Crippen LogP contribution in [0.15, 0.2) is 48.5 Å². The number of halogens is 1. The summed E-state index contributed by atoms with van der Waals surface area (Å²) in [4.78, 5) is 18.7. The number of nitrogens with one attached hydrogen (secondary N) is 2. The first-order chi connectivity index (χ1) is 14.1. The summed E-state index contributed by atoms with van der Waals surface area (Å²) in [7, 11) is 0. The fourth-order valence-corrected chi connectivity index (χ4v) is 5.19. The third kappa shape index (κ3) is 4.82. The molecule has 0 aliphatic carbocycles. The lowest BCUT2D eigenvalue weighted by Crippen LogP contribution is -3.17. The van der Waals surface area contributed by atoms with E-state index in [1.807, 2.05) is 13.0 Å². The Morgan fingerprint density at radius 3 is 2.66 bits per heavy atom. The monoisotopic (exact) mass is 412 g/mol. The van der Waals surface area contributed by atoms with Gasteiger partial charge in [0, 0.05) is 25.3 Å². The van der Waals surface area contributed by atoms with Crippen molar-refractivity contribution < 1.29 is 14.1 Å². The maximum Gasteiger partial charge on any atom is 0.278 e. The first kappa shape index (κ1) is 20.0. The molecule has 2 heterocycles. The fraction of sp³-hybridized carbons (Fsp3) is 0.391. The number of hydrogen-bond acceptors (Lipinski definition) is 3. The Balaban J connectivity index is 1.25. The van der Waals surface area contributed by atoms with E-state index < -0.39 is 0 Å². The molecule has 6 heteroatoms. The second-order valence-electron chi connectivity index (χ2n) is 7.84. The van der Waals surface area contributed by atoms with E-state index >= 15 is 0 Å². The van der Waals surface area contributed by atoms with Gasteiger partial charge < -0.3 is 10.2 Å². The van der Waals surface area contributed by atoms with Crippen LogP contribution in [0.4, 0.5) is 4.39 Å². The van der Waals surface area contributed by atoms with Gasteiger partial charge in [-0.05, 0) is 43.2 Å². The zero-order valence-corrected chi connectivity index (χ0v) is 17.5. The molecular formula is C23H27FN3OS+. The van der Waals surface area contributed by atoms with Crippen LogP contribution in [0.1, 0.15) is 36.3 Å². The third-order valence-corrected chi connectivity index (χ3v) is 7.12. The number of hydrogen-bond donors (Lipinski definition) is 2. The van der Waals surface area contributed by atoms with Gasteiger partial charge in [-0.3, -0.25) is 4.79 Å². The Bertz CT molecular complexity index is 931. The molecular weight excluding hydrogens is 385 g/mol. The molecule has 1 aliphatic heterocycles. The Hall–Kier alpha value is -2.31. The third-order valence-electron chi connectivity index (χ3n) is 5.92. The number of benzene rings is 2. The zero-order chi connectivity index (χ0) is 20.2. The number of carbonyl (C=O) groups is 1. The summed E-state index contributed by atoms with van der Waals surface area (Å²) in [5, 5.41) is 4.28. The van der Waals surface area contributed by atoms with E-state index in [0.717, 1.165) is 37.0 Å². The van der Waals surface area contributed by atoms with Crippen LogP contribution in [0.25, 0.3) is 10.2 Å². The maximum atomic E-state index is 13.0. The van der Waals surface area contributed by atoms with Crippen LogP contribution in [0.2, 0.25) is 0 Å². The summed E-state index contributed by atoms with van der Waals surface area (Å²) in [6.45, 7) is 4.58. The topological polar surface area (TPSA) is 46.4 Å². The average molecular weight is 413 g/mol. The number of piperidine rings is 1. The molecule has 2 aromatic carbocycles. The molecule has 0 spiro atoms. The van der Waals surface area contributed by atoms with Gasteiger partial charge in [0.1, 0.15) is 5.82 Å². The van der Waals surface area contributed by atoms with Crippen LogP contribution in [-0.4, -0.2) is 36.6 Å². The second-order valence-corrected chi connectivity index (χ2v) is 8.90. The first-order valence-corrected chi connectivity index (χ1v) is 11.1. The molecule has 1 amide bonds. The summed E-state index contributed by atoms with van der Waals surface area (Å²) < 4.78 is 14.2. The van der Waals surface area contributed by atoms with E-state index in [9.17, 15) is 9.18 Å². The molecule has 29 heavy (non-hydrogen) atoms. The molecule has 1 aromatic heterocycles. The van der Waals surface area contributed by atoms with Crippen LogP contribution >= 0.6 is 11.3 Å². The van der Waals surface area contributed by atoms with Crippen molar-refractivity contribution in [2.45, 2.75) is 38.1 Å². The molecule has 2 N–H and O–H groups in total. The first-order valence-electron chi connectivity index (χ1n) is 10.3. The molecule has 0 bridgehead atoms. The molecule has 4 rings (SSSR count). The van der Waals surface area contributed by atoms with Gasteiger partial charge in [-0.15, -0.1) is 11.3 Å². The van der Waals surface area contributed by atoms with Crippen molar-refractivity contribution in [1.29, 1.82) is 0 Å². The van der Waals surface area contributed by atoms with Gasteiger partial charge in [-0.2, -0.15) is 0 Å². The van der Waals surface area contributed by atoms with Crippen molar-refractivity contribution in [2.75, 3.05) is 19.6 Å². The Morgan fingerprint density at radius 2 is 1.93 bits per heavy atom. The van der Waals surface area contributed by atoms with Crippen molar-refractivity contribution in [3.05, 3.63) is 64.9 Å². The van der Waals surface area contributed by atoms with Crippen molar-refractivity contribution >= 4 is 27.5 Å². The predicted octanol–water partition coefficient (Wildman–Crippen LogP) is 2.95. The molecule has 1 fully saturated rings. The van der Waals surface area contributed by atoms with E-state index in [1.54, 1.807) is 23.5 Å². The molecule has 1 saturated heterocycles. The minimum absolute atomic E-state index is 0.0560. The number of likely N-dealkylation sites (tertiary alicyclic amines) is 1. The van der Waals surface area contributed by atoms with Crippen LogP contribution in [-0.2, 0) is 11.2 Å². The summed E-state index contributed by atoms with van der Waals surface area (Å²) in [5.74, 6) is 0.370. The summed E-state index contributed by atoms with van der Waals surface area (Å²) in [6.07, 6.45) is 2.86. The van der Waals surface area contributed by atoms with Gasteiger partial charge in [0.25, 0.3) is 5.91 Å². The van der Waals surface area contributed by atoms with E-state index in [4.69, 9.17) is 4.98 Å². The van der Waals surface area contributed by atoms with Crippen LogP contribution < -0.4 is 10.2 Å². The van der Waals surface area contributed by atoms with Crippen LogP contribution in [0, 0.1) is 5.82 Å². The number of nitrogens with zero attached hydrogens (tertiary/aromatic N) is 1. The highest BCUT2D eigenvalue weighted by Crippen LogP contribution is 2.31. The van der Waals surface area contributed by atoms with Gasteiger partial charge in [0.15, 0.2) is 6.04 Å². The summed E-state index contributed by atoms with van der Waals surface area (Å²) >= 11 is 1.81. The quantitative estimate of drug-likeness (QED) is 0.654. The number of amides is 1. The number of fused-ring (bicyclic) bond motifs is 1. The molecule has 4 nitrogen and oxygen atoms in total. The van der Waals surface area contributed by atoms with Gasteiger partial charge in [0.05, 0.1) is 28.3 Å². The van der Waals surface area contributed by atoms with Crippen LogP contribution in [0.3, 0.4) is 0 Å². The minimum atomic E-state index is -0.232. The van der Waals surface area contributed by atoms with Crippen LogP contribution in [0.5, 0.6) is 0 Å². The largest absolute Gasteiger partial charge is 0.351 e. The number of thiazole rings is 1. The van der Waals surface area contributed by atoms with Crippen molar-refractivity contribution in [1.82, 2.24) is 10.3 Å². The van der Waals surface area contributed by atoms with E-state index in [1.165, 1.54) is 26.7 Å². The van der Waals surface area contributed by atoms with Gasteiger partial charge in [-0.1, -0.05) is 24.3 Å². The number of quaternary nitrogens is 1. The van der Waals surface area contributed by atoms with E-state index in [-0.39, 0.29) is 17.8 Å². The summed E-state index contributed by atoms with van der Waals surface area (Å²) in [6, 6.07) is 14.7. The second kappa shape index (κ2) is 9.01. The zero-order valence-electron chi connectivity index (χ0n) is 16.7. The minimum Gasteiger partial charge on any atom is -0.351 e. The molecule has 1 aliphatic rings. The van der Waals surface area contributed by atoms with E-state index in [2.05, 4.69) is 23.5 Å². The molecule has 3 aromatic rings. The molecule has 0 radical (unpaired) electrons. The highest BCUT2D eigenvalue weighted by Gasteiger charge is 2.31. The lowest BCUT2D eigenvalue weighted by Gasteiger charge is -2.31. The average Bonchev–Trinajstić information content (AvgIpc) is 3.19. The Kier molecular flexibility index (Phi) is 6.21. The highest BCUT2D eigenvalue weighted by atomic mass is 32.1. The number of para-hydroxylation sites is 1. The number of aromatic nitrogens is 1. The van der Waals surface area contributed by atoms with Crippen molar-refractivity contribution in [2.24, 2.45) is 0 Å². The Labute approximate surface area is 174 Å². The smallest absolute Gasteiger partial charge is 0.278 e. The molecule has 1 atom stereocenters. The standard InChI is InChI=1S/C23H26FN3OS/c1-16(22(28)25-13-10-17-6-8-19(24)9-7-17)27-14-11-18(12-15-27)23-26-20-4-2-3-5-21(20)29-23/h2-9,16,18H,10-15H2,1H3,(H,25,28)/p+1/t16-/m0/s1. The highest BCUT2D eigenvalue weighted by molar-refractivity contribution is 7.18. The number of rotatable bonds is 6. The number of carbonyl (C=O) groups excluding carboxylic acids is 1. The lowest BCUT2D eigenvalue weighted by atomic mass is 9.96. The van der Waals surface area contributed by atoms with Crippen molar-refractivity contribution in [3.63, 3.8) is 0 Å².